The largest absolute Gasteiger partial charge is 0.302 e. The number of nitrogens with zero attached hydrogens (tertiary/aromatic N) is 2. The summed E-state index contributed by atoms with van der Waals surface area (Å²) in [5.41, 5.74) is 2.87. The van der Waals surface area contributed by atoms with Gasteiger partial charge in [0, 0.05) is 23.3 Å². The van der Waals surface area contributed by atoms with Crippen LogP contribution in [0.15, 0.2) is 60.2 Å². The highest BCUT2D eigenvalue weighted by Gasteiger charge is 2.17. The van der Waals surface area contributed by atoms with Gasteiger partial charge in [0.1, 0.15) is 11.3 Å². The minimum absolute atomic E-state index is 0.295. The van der Waals surface area contributed by atoms with Crippen molar-refractivity contribution in [2.75, 3.05) is 0 Å². The van der Waals surface area contributed by atoms with Crippen molar-refractivity contribution in [3.8, 4) is 11.3 Å². The number of hydrogen-bond acceptors (Lipinski definition) is 4. The molecular weight excluding hydrogens is 268 g/mol. The molecule has 0 amide bonds. The van der Waals surface area contributed by atoms with Crippen LogP contribution in [0.5, 0.6) is 0 Å². The molecule has 20 heavy (non-hydrogen) atoms. The number of rotatable bonds is 4. The number of aldehydes is 1. The molecule has 3 rings (SSSR count). The fourth-order valence-corrected chi connectivity index (χ4v) is 2.94. The van der Waals surface area contributed by atoms with E-state index in [1.165, 1.54) is 11.3 Å². The van der Waals surface area contributed by atoms with Gasteiger partial charge >= 0.3 is 0 Å². The Balaban J connectivity index is 1.95. The van der Waals surface area contributed by atoms with E-state index in [0.717, 1.165) is 28.1 Å². The van der Waals surface area contributed by atoms with Gasteiger partial charge in [-0.25, -0.2) is 4.98 Å². The molecule has 4 heteroatoms. The highest BCUT2D eigenvalue weighted by Crippen LogP contribution is 2.29. The summed E-state index contributed by atoms with van der Waals surface area (Å²) >= 11 is 1.51. The molecule has 1 atom stereocenters. The van der Waals surface area contributed by atoms with E-state index in [1.54, 1.807) is 12.4 Å². The monoisotopic (exact) mass is 280 g/mol. The average Bonchev–Trinajstić information content (AvgIpc) is 3.00. The number of pyridine rings is 1. The Hall–Kier alpha value is -2.33. The third-order valence-electron chi connectivity index (χ3n) is 3.06. The Morgan fingerprint density at radius 2 is 1.80 bits per heavy atom. The molecule has 0 aliphatic rings. The number of carbonyl (C=O) groups is 1. The lowest BCUT2D eigenvalue weighted by Crippen LogP contribution is -2.01. The smallest absolute Gasteiger partial charge is 0.134 e. The van der Waals surface area contributed by atoms with E-state index in [2.05, 4.69) is 9.97 Å². The van der Waals surface area contributed by atoms with Crippen LogP contribution >= 0.6 is 11.3 Å². The molecule has 0 fully saturated rings. The maximum Gasteiger partial charge on any atom is 0.134 e. The second kappa shape index (κ2) is 5.75. The number of hydrogen-bond donors (Lipinski definition) is 0. The molecule has 0 N–H and O–H groups in total. The van der Waals surface area contributed by atoms with E-state index >= 15 is 0 Å². The standard InChI is InChI=1S/C16H12N2OS/c19-10-14(12-4-2-1-3-5-12)16-18-15(11-20-16)13-6-8-17-9-7-13/h1-11,14H. The van der Waals surface area contributed by atoms with Gasteiger partial charge in [-0.05, 0) is 17.7 Å². The van der Waals surface area contributed by atoms with Gasteiger partial charge in [0.15, 0.2) is 0 Å². The molecule has 0 bridgehead atoms. The average molecular weight is 280 g/mol. The molecule has 98 valence electrons. The first-order valence-corrected chi connectivity index (χ1v) is 7.12. The van der Waals surface area contributed by atoms with Crippen molar-refractivity contribution in [2.45, 2.75) is 5.92 Å². The zero-order valence-electron chi connectivity index (χ0n) is 10.6. The normalized spacial score (nSPS) is 12.0. The van der Waals surface area contributed by atoms with Gasteiger partial charge in [-0.3, -0.25) is 4.98 Å². The Kier molecular flexibility index (Phi) is 3.65. The quantitative estimate of drug-likeness (QED) is 0.687. The van der Waals surface area contributed by atoms with Crippen LogP contribution in [0.1, 0.15) is 16.5 Å². The fraction of sp³-hybridized carbons (Fsp3) is 0.0625. The van der Waals surface area contributed by atoms with Crippen molar-refractivity contribution in [3.05, 3.63) is 70.8 Å². The van der Waals surface area contributed by atoms with E-state index < -0.39 is 0 Å². The van der Waals surface area contributed by atoms with Crippen molar-refractivity contribution in [2.24, 2.45) is 0 Å². The van der Waals surface area contributed by atoms with Gasteiger partial charge in [0.25, 0.3) is 0 Å². The minimum atomic E-state index is -0.295. The molecule has 3 nitrogen and oxygen atoms in total. The first kappa shape index (κ1) is 12.7. The zero-order valence-corrected chi connectivity index (χ0v) is 11.5. The number of thiazole rings is 1. The van der Waals surface area contributed by atoms with Crippen molar-refractivity contribution in [1.29, 1.82) is 0 Å². The number of aromatic nitrogens is 2. The zero-order chi connectivity index (χ0) is 13.8. The molecule has 1 unspecified atom stereocenters. The lowest BCUT2D eigenvalue weighted by molar-refractivity contribution is -0.108. The van der Waals surface area contributed by atoms with Crippen LogP contribution in [0.3, 0.4) is 0 Å². The van der Waals surface area contributed by atoms with Gasteiger partial charge in [-0.2, -0.15) is 0 Å². The van der Waals surface area contributed by atoms with Gasteiger partial charge in [0.05, 0.1) is 11.6 Å². The van der Waals surface area contributed by atoms with Crippen LogP contribution in [-0.2, 0) is 4.79 Å². The van der Waals surface area contributed by atoms with Crippen LogP contribution in [0, 0.1) is 0 Å². The van der Waals surface area contributed by atoms with E-state index in [1.807, 2.05) is 47.8 Å². The van der Waals surface area contributed by atoms with Gasteiger partial charge in [-0.1, -0.05) is 30.3 Å². The Labute approximate surface area is 121 Å². The van der Waals surface area contributed by atoms with E-state index in [9.17, 15) is 4.79 Å². The number of benzene rings is 1. The summed E-state index contributed by atoms with van der Waals surface area (Å²) in [6, 6.07) is 13.5. The highest BCUT2D eigenvalue weighted by molar-refractivity contribution is 7.10. The van der Waals surface area contributed by atoms with Crippen LogP contribution < -0.4 is 0 Å². The Morgan fingerprint density at radius 1 is 1.05 bits per heavy atom. The van der Waals surface area contributed by atoms with Crippen LogP contribution in [0.25, 0.3) is 11.3 Å². The summed E-state index contributed by atoms with van der Waals surface area (Å²) < 4.78 is 0. The van der Waals surface area contributed by atoms with Crippen LogP contribution in [-0.4, -0.2) is 16.3 Å². The van der Waals surface area contributed by atoms with Crippen molar-refractivity contribution < 1.29 is 4.79 Å². The lowest BCUT2D eigenvalue weighted by atomic mass is 10.0. The topological polar surface area (TPSA) is 42.9 Å². The summed E-state index contributed by atoms with van der Waals surface area (Å²) in [5, 5.41) is 2.79. The molecule has 0 saturated carbocycles. The highest BCUT2D eigenvalue weighted by atomic mass is 32.1. The van der Waals surface area contributed by atoms with Crippen molar-refractivity contribution in [1.82, 2.24) is 9.97 Å². The van der Waals surface area contributed by atoms with E-state index in [0.29, 0.717) is 0 Å². The Bertz CT molecular complexity index is 695. The SMILES string of the molecule is O=CC(c1ccccc1)c1nc(-c2ccncc2)cs1. The summed E-state index contributed by atoms with van der Waals surface area (Å²) in [6.07, 6.45) is 4.43. The molecule has 0 aliphatic carbocycles. The maximum atomic E-state index is 11.4. The van der Waals surface area contributed by atoms with Crippen molar-refractivity contribution in [3.63, 3.8) is 0 Å². The fourth-order valence-electron chi connectivity index (χ4n) is 2.03. The third-order valence-corrected chi connectivity index (χ3v) is 3.99. The van der Waals surface area contributed by atoms with E-state index in [4.69, 9.17) is 0 Å². The summed E-state index contributed by atoms with van der Waals surface area (Å²) in [6.45, 7) is 0. The van der Waals surface area contributed by atoms with Crippen LogP contribution in [0.4, 0.5) is 0 Å². The maximum absolute atomic E-state index is 11.4. The van der Waals surface area contributed by atoms with Gasteiger partial charge in [0.2, 0.25) is 0 Å². The second-order valence-corrected chi connectivity index (χ2v) is 5.22. The lowest BCUT2D eigenvalue weighted by Gasteiger charge is -2.06. The minimum Gasteiger partial charge on any atom is -0.302 e. The second-order valence-electron chi connectivity index (χ2n) is 4.33. The molecule has 1 aromatic carbocycles. The summed E-state index contributed by atoms with van der Waals surface area (Å²) in [5.74, 6) is -0.295. The molecule has 2 aromatic heterocycles. The molecule has 3 aromatic rings. The predicted octanol–water partition coefficient (Wildman–Crippen LogP) is 3.54. The first-order valence-electron chi connectivity index (χ1n) is 6.24. The van der Waals surface area contributed by atoms with Gasteiger partial charge in [-0.15, -0.1) is 11.3 Å². The van der Waals surface area contributed by atoms with Crippen molar-refractivity contribution >= 4 is 17.6 Å². The predicted molar refractivity (Wildman–Crippen MR) is 79.7 cm³/mol. The third kappa shape index (κ3) is 2.51. The molecule has 0 radical (unpaired) electrons. The summed E-state index contributed by atoms with van der Waals surface area (Å²) in [7, 11) is 0. The molecule has 0 spiro atoms. The summed E-state index contributed by atoms with van der Waals surface area (Å²) in [4.78, 5) is 20.0. The van der Waals surface area contributed by atoms with Gasteiger partial charge < -0.3 is 4.79 Å². The molecule has 0 saturated heterocycles. The van der Waals surface area contributed by atoms with E-state index in [-0.39, 0.29) is 5.92 Å². The molecular formula is C16H12N2OS. The number of carbonyl (C=O) groups excluding carboxylic acids is 1. The molecule has 2 heterocycles. The van der Waals surface area contributed by atoms with Crippen LogP contribution in [0.2, 0.25) is 0 Å². The Morgan fingerprint density at radius 3 is 2.50 bits per heavy atom. The first-order chi connectivity index (χ1) is 9.88. The molecule has 0 aliphatic heterocycles.